The van der Waals surface area contributed by atoms with Crippen molar-refractivity contribution in [2.75, 3.05) is 0 Å². The maximum Gasteiger partial charge on any atom is 0.0628 e. The van der Waals surface area contributed by atoms with Crippen LogP contribution < -0.4 is 5.73 Å². The largest absolute Gasteiger partial charge is 0.392 e. The molecule has 0 radical (unpaired) electrons. The van der Waals surface area contributed by atoms with Gasteiger partial charge in [-0.1, -0.05) is 20.3 Å². The zero-order valence-electron chi connectivity index (χ0n) is 10.1. The quantitative estimate of drug-likeness (QED) is 0.781. The molecule has 0 aromatic rings. The molecule has 3 heteroatoms. The Morgan fingerprint density at radius 2 is 2.07 bits per heavy atom. The van der Waals surface area contributed by atoms with Crippen LogP contribution in [0, 0.1) is 5.92 Å². The van der Waals surface area contributed by atoms with Crippen molar-refractivity contribution in [3.05, 3.63) is 0 Å². The molecule has 1 rings (SSSR count). The second-order valence-corrected chi connectivity index (χ2v) is 6.49. The van der Waals surface area contributed by atoms with Gasteiger partial charge in [-0.05, 0) is 32.1 Å². The van der Waals surface area contributed by atoms with E-state index < -0.39 is 0 Å². The molecule has 1 aliphatic rings. The fourth-order valence-corrected chi connectivity index (χ4v) is 3.65. The summed E-state index contributed by atoms with van der Waals surface area (Å²) >= 11 is 1.88. The molecule has 1 aliphatic carbocycles. The Hall–Kier alpha value is 0.270. The Morgan fingerprint density at radius 1 is 1.40 bits per heavy atom. The van der Waals surface area contributed by atoms with Gasteiger partial charge < -0.3 is 10.8 Å². The monoisotopic (exact) mass is 231 g/mol. The molecule has 5 unspecified atom stereocenters. The van der Waals surface area contributed by atoms with E-state index in [0.717, 1.165) is 12.3 Å². The Bertz CT molecular complexity index is 186. The molecule has 0 amide bonds. The number of aliphatic hydroxyl groups excluding tert-OH is 1. The second-order valence-electron chi connectivity index (χ2n) is 4.87. The average Bonchev–Trinajstić information content (AvgIpc) is 2.21. The fourth-order valence-electron chi connectivity index (χ4n) is 2.15. The lowest BCUT2D eigenvalue weighted by Crippen LogP contribution is -2.40. The summed E-state index contributed by atoms with van der Waals surface area (Å²) in [6.07, 6.45) is 4.72. The molecule has 0 heterocycles. The highest BCUT2D eigenvalue weighted by Gasteiger charge is 2.29. The Labute approximate surface area is 98.0 Å². The number of hydrogen-bond donors (Lipinski definition) is 2. The third-order valence-corrected chi connectivity index (χ3v) is 5.31. The molecule has 3 N–H and O–H groups in total. The Kier molecular flexibility index (Phi) is 5.44. The van der Waals surface area contributed by atoms with Gasteiger partial charge in [0.05, 0.1) is 6.10 Å². The Morgan fingerprint density at radius 3 is 2.60 bits per heavy atom. The van der Waals surface area contributed by atoms with Crippen LogP contribution in [0.5, 0.6) is 0 Å². The van der Waals surface area contributed by atoms with Crippen molar-refractivity contribution in [2.45, 2.75) is 69.1 Å². The predicted octanol–water partition coefficient (Wildman–Crippen LogP) is 2.39. The lowest BCUT2D eigenvalue weighted by atomic mass is 9.84. The summed E-state index contributed by atoms with van der Waals surface area (Å²) in [5, 5.41) is 10.4. The third-order valence-electron chi connectivity index (χ3n) is 3.60. The van der Waals surface area contributed by atoms with E-state index in [1.54, 1.807) is 0 Å². The van der Waals surface area contributed by atoms with Gasteiger partial charge in [-0.2, -0.15) is 11.8 Å². The molecule has 0 aromatic heterocycles. The lowest BCUT2D eigenvalue weighted by Gasteiger charge is -2.35. The van der Waals surface area contributed by atoms with Crippen LogP contribution in [0.4, 0.5) is 0 Å². The molecule has 15 heavy (non-hydrogen) atoms. The summed E-state index contributed by atoms with van der Waals surface area (Å²) in [6, 6.07) is 0.332. The van der Waals surface area contributed by atoms with Gasteiger partial charge in [0.1, 0.15) is 0 Å². The molecule has 0 bridgehead atoms. The van der Waals surface area contributed by atoms with Crippen LogP contribution in [0.2, 0.25) is 0 Å². The molecule has 1 fully saturated rings. The fraction of sp³-hybridized carbons (Fsp3) is 1.00. The van der Waals surface area contributed by atoms with Gasteiger partial charge in [0.15, 0.2) is 0 Å². The van der Waals surface area contributed by atoms with Gasteiger partial charge in [0, 0.05) is 16.5 Å². The molecule has 5 atom stereocenters. The number of aliphatic hydroxyl groups is 1. The normalized spacial score (nSPS) is 36.2. The molecule has 2 nitrogen and oxygen atoms in total. The van der Waals surface area contributed by atoms with Crippen LogP contribution >= 0.6 is 11.8 Å². The van der Waals surface area contributed by atoms with E-state index in [2.05, 4.69) is 13.8 Å². The van der Waals surface area contributed by atoms with E-state index in [9.17, 15) is 5.11 Å². The maximum absolute atomic E-state index is 9.50. The van der Waals surface area contributed by atoms with Crippen LogP contribution in [0.15, 0.2) is 0 Å². The minimum absolute atomic E-state index is 0.232. The van der Waals surface area contributed by atoms with Crippen molar-refractivity contribution in [3.63, 3.8) is 0 Å². The maximum atomic E-state index is 9.50. The van der Waals surface area contributed by atoms with Crippen LogP contribution in [-0.4, -0.2) is 27.8 Å². The molecule has 0 aromatic carbocycles. The van der Waals surface area contributed by atoms with Crippen molar-refractivity contribution in [3.8, 4) is 0 Å². The summed E-state index contributed by atoms with van der Waals surface area (Å²) in [6.45, 7) is 6.22. The zero-order valence-corrected chi connectivity index (χ0v) is 11.0. The van der Waals surface area contributed by atoms with E-state index in [-0.39, 0.29) is 6.10 Å². The van der Waals surface area contributed by atoms with E-state index in [1.165, 1.54) is 19.3 Å². The summed E-state index contributed by atoms with van der Waals surface area (Å²) in [7, 11) is 0. The highest BCUT2D eigenvalue weighted by atomic mass is 32.2. The summed E-state index contributed by atoms with van der Waals surface area (Å²) < 4.78 is 0. The third kappa shape index (κ3) is 3.97. The predicted molar refractivity (Wildman–Crippen MR) is 68.1 cm³/mol. The minimum atomic E-state index is -0.232. The molecule has 0 saturated heterocycles. The molecule has 90 valence electrons. The van der Waals surface area contributed by atoms with Crippen LogP contribution in [0.1, 0.15) is 46.5 Å². The van der Waals surface area contributed by atoms with Gasteiger partial charge in [-0.3, -0.25) is 0 Å². The van der Waals surface area contributed by atoms with E-state index in [0.29, 0.717) is 16.5 Å². The molecule has 1 saturated carbocycles. The first kappa shape index (κ1) is 13.3. The summed E-state index contributed by atoms with van der Waals surface area (Å²) in [5.41, 5.74) is 6.14. The van der Waals surface area contributed by atoms with Crippen molar-refractivity contribution in [2.24, 2.45) is 11.7 Å². The molecular weight excluding hydrogens is 206 g/mol. The Balaban J connectivity index is 2.44. The molecular formula is C12H25NOS. The van der Waals surface area contributed by atoms with E-state index in [4.69, 9.17) is 5.73 Å². The first-order valence-electron chi connectivity index (χ1n) is 6.13. The first-order valence-corrected chi connectivity index (χ1v) is 7.08. The highest BCUT2D eigenvalue weighted by Crippen LogP contribution is 2.35. The van der Waals surface area contributed by atoms with Crippen LogP contribution in [-0.2, 0) is 0 Å². The SMILES string of the molecule is CCC1CCC(N)C(SC(C)C(C)O)C1. The number of hydrogen-bond acceptors (Lipinski definition) is 3. The molecule has 0 aliphatic heterocycles. The number of thioether (sulfide) groups is 1. The summed E-state index contributed by atoms with van der Waals surface area (Å²) in [5.74, 6) is 0.850. The van der Waals surface area contributed by atoms with Crippen molar-refractivity contribution >= 4 is 11.8 Å². The lowest BCUT2D eigenvalue weighted by molar-refractivity contribution is 0.195. The smallest absolute Gasteiger partial charge is 0.0628 e. The van der Waals surface area contributed by atoms with Gasteiger partial charge >= 0.3 is 0 Å². The van der Waals surface area contributed by atoms with E-state index in [1.807, 2.05) is 18.7 Å². The van der Waals surface area contributed by atoms with Gasteiger partial charge in [0.2, 0.25) is 0 Å². The van der Waals surface area contributed by atoms with Crippen molar-refractivity contribution in [1.29, 1.82) is 0 Å². The van der Waals surface area contributed by atoms with Gasteiger partial charge in [0.25, 0.3) is 0 Å². The second kappa shape index (κ2) is 6.12. The minimum Gasteiger partial charge on any atom is -0.392 e. The topological polar surface area (TPSA) is 46.2 Å². The van der Waals surface area contributed by atoms with Crippen molar-refractivity contribution in [1.82, 2.24) is 0 Å². The van der Waals surface area contributed by atoms with Gasteiger partial charge in [-0.15, -0.1) is 0 Å². The summed E-state index contributed by atoms with van der Waals surface area (Å²) in [4.78, 5) is 0. The standard InChI is InChI=1S/C12H25NOS/c1-4-10-5-6-11(13)12(7-10)15-9(3)8(2)14/h8-12,14H,4-7,13H2,1-3H3. The van der Waals surface area contributed by atoms with Crippen LogP contribution in [0.25, 0.3) is 0 Å². The van der Waals surface area contributed by atoms with Crippen LogP contribution in [0.3, 0.4) is 0 Å². The van der Waals surface area contributed by atoms with E-state index >= 15 is 0 Å². The van der Waals surface area contributed by atoms with Gasteiger partial charge in [-0.25, -0.2) is 0 Å². The number of rotatable bonds is 4. The highest BCUT2D eigenvalue weighted by molar-refractivity contribution is 8.00. The number of nitrogens with two attached hydrogens (primary N) is 1. The molecule has 0 spiro atoms. The zero-order chi connectivity index (χ0) is 11.4. The average molecular weight is 231 g/mol. The van der Waals surface area contributed by atoms with Crippen molar-refractivity contribution < 1.29 is 5.11 Å². The first-order chi connectivity index (χ1) is 7.04.